The van der Waals surface area contributed by atoms with Crippen LogP contribution >= 0.6 is 0 Å². The van der Waals surface area contributed by atoms with Gasteiger partial charge in [-0.25, -0.2) is 0 Å². The highest BCUT2D eigenvalue weighted by Gasteiger charge is 2.36. The Morgan fingerprint density at radius 1 is 1.25 bits per heavy atom. The lowest BCUT2D eigenvalue weighted by Crippen LogP contribution is -2.37. The minimum Gasteiger partial charge on any atom is -0.381 e. The molecule has 12 heavy (non-hydrogen) atoms. The largest absolute Gasteiger partial charge is 0.381 e. The van der Waals surface area contributed by atoms with Crippen LogP contribution in [0.5, 0.6) is 0 Å². The number of hydrogen-bond acceptors (Lipinski definition) is 2. The maximum atomic E-state index is 5.42. The third kappa shape index (κ3) is 1.38. The predicted octanol–water partition coefficient (Wildman–Crippen LogP) is 1.51. The van der Waals surface area contributed by atoms with Gasteiger partial charge in [-0.3, -0.25) is 0 Å². The minimum atomic E-state index is 0.534. The summed E-state index contributed by atoms with van der Waals surface area (Å²) in [6, 6.07) is 0.823. The minimum absolute atomic E-state index is 0.534. The fourth-order valence-corrected chi connectivity index (χ4v) is 2.80. The molecular weight excluding hydrogens is 150 g/mol. The second kappa shape index (κ2) is 3.35. The molecule has 0 aromatic carbocycles. The van der Waals surface area contributed by atoms with E-state index in [1.807, 2.05) is 7.11 Å². The Balaban J connectivity index is 1.97. The first kappa shape index (κ1) is 8.52. The van der Waals surface area contributed by atoms with E-state index in [4.69, 9.17) is 4.74 Å². The van der Waals surface area contributed by atoms with Gasteiger partial charge in [0.05, 0.1) is 6.10 Å². The van der Waals surface area contributed by atoms with E-state index in [2.05, 4.69) is 11.9 Å². The maximum Gasteiger partial charge on any atom is 0.0586 e. The first-order valence-electron chi connectivity index (χ1n) is 5.04. The summed E-state index contributed by atoms with van der Waals surface area (Å²) in [7, 11) is 4.10. The number of ether oxygens (including phenoxy) is 1. The molecule has 3 atom stereocenters. The van der Waals surface area contributed by atoms with Crippen molar-refractivity contribution in [1.82, 2.24) is 4.90 Å². The Bertz CT molecular complexity index is 160. The van der Waals surface area contributed by atoms with Crippen molar-refractivity contribution in [3.63, 3.8) is 0 Å². The van der Waals surface area contributed by atoms with E-state index in [9.17, 15) is 0 Å². The Hall–Kier alpha value is -0.0800. The van der Waals surface area contributed by atoms with Crippen LogP contribution in [0.4, 0.5) is 0 Å². The predicted molar refractivity (Wildman–Crippen MR) is 49.2 cm³/mol. The molecule has 0 N–H and O–H groups in total. The van der Waals surface area contributed by atoms with Gasteiger partial charge in [-0.2, -0.15) is 0 Å². The summed E-state index contributed by atoms with van der Waals surface area (Å²) >= 11 is 0. The van der Waals surface area contributed by atoms with Crippen LogP contribution in [0.15, 0.2) is 0 Å². The zero-order valence-electron chi connectivity index (χ0n) is 8.12. The lowest BCUT2D eigenvalue weighted by atomic mass is 9.83. The van der Waals surface area contributed by atoms with Crippen LogP contribution in [0.1, 0.15) is 25.7 Å². The zero-order chi connectivity index (χ0) is 8.55. The number of nitrogens with zero attached hydrogens (tertiary/aromatic N) is 1. The molecule has 1 aliphatic heterocycles. The summed E-state index contributed by atoms with van der Waals surface area (Å²) in [5, 5.41) is 0. The number of likely N-dealkylation sites (tertiary alicyclic amines) is 1. The van der Waals surface area contributed by atoms with E-state index in [0.29, 0.717) is 6.10 Å². The first-order valence-corrected chi connectivity index (χ1v) is 5.04. The van der Waals surface area contributed by atoms with Crippen LogP contribution in [-0.4, -0.2) is 37.7 Å². The average molecular weight is 169 g/mol. The molecule has 1 heterocycles. The molecule has 2 rings (SSSR count). The average Bonchev–Trinajstić information content (AvgIpc) is 2.47. The summed E-state index contributed by atoms with van der Waals surface area (Å²) < 4.78 is 5.42. The highest BCUT2D eigenvalue weighted by molar-refractivity contribution is 4.91. The van der Waals surface area contributed by atoms with E-state index >= 15 is 0 Å². The van der Waals surface area contributed by atoms with Crippen LogP contribution in [0.2, 0.25) is 0 Å². The Labute approximate surface area is 74.9 Å². The second-order valence-corrected chi connectivity index (χ2v) is 4.27. The van der Waals surface area contributed by atoms with Crippen LogP contribution in [-0.2, 0) is 4.74 Å². The van der Waals surface area contributed by atoms with E-state index in [1.165, 1.54) is 32.2 Å². The molecule has 0 bridgehead atoms. The molecule has 2 aliphatic rings. The van der Waals surface area contributed by atoms with Gasteiger partial charge < -0.3 is 9.64 Å². The molecular formula is C10H19NO. The van der Waals surface area contributed by atoms with Gasteiger partial charge in [0.15, 0.2) is 0 Å². The van der Waals surface area contributed by atoms with E-state index < -0.39 is 0 Å². The molecule has 0 radical (unpaired) electrons. The zero-order valence-corrected chi connectivity index (χ0v) is 8.12. The van der Waals surface area contributed by atoms with Crippen LogP contribution in [0.3, 0.4) is 0 Å². The SMILES string of the molecule is CO[C@H]1CC[C@H]2CCN(C)[C@H]2C1. The van der Waals surface area contributed by atoms with Crippen molar-refractivity contribution in [1.29, 1.82) is 0 Å². The molecule has 0 aromatic heterocycles. The molecule has 0 amide bonds. The highest BCUT2D eigenvalue weighted by Crippen LogP contribution is 2.35. The molecule has 0 unspecified atom stereocenters. The van der Waals surface area contributed by atoms with Gasteiger partial charge in [0.1, 0.15) is 0 Å². The van der Waals surface area contributed by atoms with Crippen molar-refractivity contribution in [3.8, 4) is 0 Å². The Morgan fingerprint density at radius 3 is 2.83 bits per heavy atom. The van der Waals surface area contributed by atoms with Gasteiger partial charge >= 0.3 is 0 Å². The number of methoxy groups -OCH3 is 1. The lowest BCUT2D eigenvalue weighted by molar-refractivity contribution is 0.0320. The molecule has 1 saturated heterocycles. The van der Waals surface area contributed by atoms with E-state index in [-0.39, 0.29) is 0 Å². The number of hydrogen-bond donors (Lipinski definition) is 0. The highest BCUT2D eigenvalue weighted by atomic mass is 16.5. The van der Waals surface area contributed by atoms with Crippen molar-refractivity contribution in [2.45, 2.75) is 37.8 Å². The Morgan fingerprint density at radius 2 is 2.08 bits per heavy atom. The topological polar surface area (TPSA) is 12.5 Å². The van der Waals surface area contributed by atoms with Crippen molar-refractivity contribution in [3.05, 3.63) is 0 Å². The molecule has 70 valence electrons. The number of rotatable bonds is 1. The van der Waals surface area contributed by atoms with Gasteiger partial charge in [-0.1, -0.05) is 0 Å². The van der Waals surface area contributed by atoms with Gasteiger partial charge in [0.25, 0.3) is 0 Å². The van der Waals surface area contributed by atoms with Crippen LogP contribution < -0.4 is 0 Å². The smallest absolute Gasteiger partial charge is 0.0586 e. The second-order valence-electron chi connectivity index (χ2n) is 4.27. The summed E-state index contributed by atoms with van der Waals surface area (Å²) in [6.07, 6.45) is 5.88. The molecule has 1 aliphatic carbocycles. The van der Waals surface area contributed by atoms with Gasteiger partial charge in [0.2, 0.25) is 0 Å². The summed E-state index contributed by atoms with van der Waals surface area (Å²) in [4.78, 5) is 2.51. The third-order valence-electron chi connectivity index (χ3n) is 3.66. The fraction of sp³-hybridized carbons (Fsp3) is 1.00. The van der Waals surface area contributed by atoms with E-state index in [0.717, 1.165) is 12.0 Å². The quantitative estimate of drug-likeness (QED) is 0.590. The molecule has 2 fully saturated rings. The summed E-state index contributed by atoms with van der Waals surface area (Å²) in [5.41, 5.74) is 0. The monoisotopic (exact) mass is 169 g/mol. The van der Waals surface area contributed by atoms with E-state index in [1.54, 1.807) is 0 Å². The summed E-state index contributed by atoms with van der Waals surface area (Å²) in [5.74, 6) is 0.974. The third-order valence-corrected chi connectivity index (χ3v) is 3.66. The first-order chi connectivity index (χ1) is 5.81. The van der Waals surface area contributed by atoms with Crippen molar-refractivity contribution in [2.75, 3.05) is 20.7 Å². The lowest BCUT2D eigenvalue weighted by Gasteiger charge is -2.33. The van der Waals surface area contributed by atoms with Crippen molar-refractivity contribution in [2.24, 2.45) is 5.92 Å². The van der Waals surface area contributed by atoms with Gasteiger partial charge in [0, 0.05) is 13.2 Å². The maximum absolute atomic E-state index is 5.42. The van der Waals surface area contributed by atoms with Gasteiger partial charge in [-0.15, -0.1) is 0 Å². The van der Waals surface area contributed by atoms with Crippen molar-refractivity contribution >= 4 is 0 Å². The van der Waals surface area contributed by atoms with Crippen molar-refractivity contribution < 1.29 is 4.74 Å². The number of fused-ring (bicyclic) bond motifs is 1. The standard InChI is InChI=1S/C10H19NO/c1-11-6-5-8-3-4-9(12-2)7-10(8)11/h8-10H,3-7H2,1-2H3/t8-,9-,10-/m0/s1. The molecule has 2 nitrogen and oxygen atoms in total. The molecule has 2 heteroatoms. The van der Waals surface area contributed by atoms with Crippen LogP contribution in [0, 0.1) is 5.92 Å². The summed E-state index contributed by atoms with van der Waals surface area (Å²) in [6.45, 7) is 1.30. The Kier molecular flexibility index (Phi) is 2.37. The normalized spacial score (nSPS) is 43.0. The fourth-order valence-electron chi connectivity index (χ4n) is 2.80. The molecule has 0 spiro atoms. The molecule has 1 saturated carbocycles. The van der Waals surface area contributed by atoms with Gasteiger partial charge in [-0.05, 0) is 45.2 Å². The molecule has 0 aromatic rings. The van der Waals surface area contributed by atoms with Crippen LogP contribution in [0.25, 0.3) is 0 Å².